The van der Waals surface area contributed by atoms with Crippen molar-refractivity contribution in [3.63, 3.8) is 0 Å². The van der Waals surface area contributed by atoms with Crippen LogP contribution < -0.4 is 0 Å². The second-order valence-electron chi connectivity index (χ2n) is 10.6. The van der Waals surface area contributed by atoms with E-state index in [9.17, 15) is 0 Å². The van der Waals surface area contributed by atoms with Crippen molar-refractivity contribution < 1.29 is 9.47 Å². The highest BCUT2D eigenvalue weighted by molar-refractivity contribution is 5.64. The zero-order valence-electron chi connectivity index (χ0n) is 21.2. The predicted molar refractivity (Wildman–Crippen MR) is 138 cm³/mol. The van der Waals surface area contributed by atoms with Crippen molar-refractivity contribution >= 4 is 0 Å². The molecular formula is C31H44O2. The Kier molecular flexibility index (Phi) is 8.66. The van der Waals surface area contributed by atoms with Crippen LogP contribution in [-0.2, 0) is 15.3 Å². The third-order valence-corrected chi connectivity index (χ3v) is 8.07. The van der Waals surface area contributed by atoms with Crippen LogP contribution in [0.2, 0.25) is 0 Å². The highest BCUT2D eigenvalue weighted by Gasteiger charge is 2.34. The largest absolute Gasteiger partial charge is 0.346 e. The summed E-state index contributed by atoms with van der Waals surface area (Å²) in [7, 11) is 0. The first kappa shape index (κ1) is 24.5. The summed E-state index contributed by atoms with van der Waals surface area (Å²) < 4.78 is 12.3. The summed E-state index contributed by atoms with van der Waals surface area (Å²) in [6.45, 7) is 8.15. The summed E-state index contributed by atoms with van der Waals surface area (Å²) in [6, 6.07) is 18.1. The van der Waals surface area contributed by atoms with Gasteiger partial charge in [-0.05, 0) is 67.6 Å². The SMILES string of the molecule is CCCCC[C@H]1CC[C@H](c2ccc(-c3ccc([C@]4(C)OC[C@@H](CCC)CO4)cc3)cc2)CC1. The highest BCUT2D eigenvalue weighted by Crippen LogP contribution is 2.39. The van der Waals surface area contributed by atoms with Gasteiger partial charge in [0, 0.05) is 11.5 Å². The Bertz CT molecular complexity index is 822. The molecule has 2 aliphatic rings. The van der Waals surface area contributed by atoms with Crippen molar-refractivity contribution in [1.82, 2.24) is 0 Å². The first-order chi connectivity index (χ1) is 16.1. The maximum absolute atomic E-state index is 6.16. The van der Waals surface area contributed by atoms with Crippen molar-refractivity contribution in [1.29, 1.82) is 0 Å². The second kappa shape index (κ2) is 11.7. The molecule has 1 aliphatic heterocycles. The Morgan fingerprint density at radius 1 is 0.697 bits per heavy atom. The maximum atomic E-state index is 6.16. The Hall–Kier alpha value is -1.64. The van der Waals surface area contributed by atoms with Gasteiger partial charge in [-0.3, -0.25) is 0 Å². The molecule has 1 saturated heterocycles. The fourth-order valence-corrected chi connectivity index (χ4v) is 5.77. The third-order valence-electron chi connectivity index (χ3n) is 8.07. The molecule has 0 amide bonds. The Morgan fingerprint density at radius 3 is 1.88 bits per heavy atom. The van der Waals surface area contributed by atoms with Gasteiger partial charge in [-0.15, -0.1) is 0 Å². The van der Waals surface area contributed by atoms with Crippen LogP contribution in [0, 0.1) is 11.8 Å². The summed E-state index contributed by atoms with van der Waals surface area (Å²) in [5.74, 6) is 1.63. The minimum atomic E-state index is -0.623. The molecule has 2 fully saturated rings. The Morgan fingerprint density at radius 2 is 1.30 bits per heavy atom. The van der Waals surface area contributed by atoms with E-state index in [1.54, 1.807) is 0 Å². The summed E-state index contributed by atoms with van der Waals surface area (Å²) in [5.41, 5.74) is 5.18. The molecule has 1 saturated carbocycles. The molecule has 1 aliphatic carbocycles. The lowest BCUT2D eigenvalue weighted by molar-refractivity contribution is -0.282. The molecule has 0 bridgehead atoms. The topological polar surface area (TPSA) is 18.5 Å². The van der Waals surface area contributed by atoms with Crippen LogP contribution in [0.15, 0.2) is 48.5 Å². The summed E-state index contributed by atoms with van der Waals surface area (Å²) in [6.07, 6.45) is 13.5. The number of hydrogen-bond donors (Lipinski definition) is 0. The number of rotatable bonds is 9. The van der Waals surface area contributed by atoms with E-state index >= 15 is 0 Å². The number of unbranched alkanes of at least 4 members (excludes halogenated alkanes) is 2. The fourth-order valence-electron chi connectivity index (χ4n) is 5.77. The van der Waals surface area contributed by atoms with Crippen molar-refractivity contribution in [2.24, 2.45) is 11.8 Å². The zero-order chi connectivity index (χ0) is 23.1. The van der Waals surface area contributed by atoms with E-state index < -0.39 is 5.79 Å². The monoisotopic (exact) mass is 448 g/mol. The summed E-state index contributed by atoms with van der Waals surface area (Å²) in [4.78, 5) is 0. The molecule has 4 rings (SSSR count). The first-order valence-electron chi connectivity index (χ1n) is 13.6. The van der Waals surface area contributed by atoms with Crippen LogP contribution in [0.3, 0.4) is 0 Å². The lowest BCUT2D eigenvalue weighted by atomic mass is 9.77. The average Bonchev–Trinajstić information content (AvgIpc) is 2.87. The van der Waals surface area contributed by atoms with Gasteiger partial charge in [0.1, 0.15) is 0 Å². The quantitative estimate of drug-likeness (QED) is 0.357. The summed E-state index contributed by atoms with van der Waals surface area (Å²) in [5, 5.41) is 0. The normalized spacial score (nSPS) is 28.0. The average molecular weight is 449 g/mol. The van der Waals surface area contributed by atoms with E-state index in [4.69, 9.17) is 9.47 Å². The minimum absolute atomic E-state index is 0.525. The molecule has 0 N–H and O–H groups in total. The van der Waals surface area contributed by atoms with Crippen LogP contribution >= 0.6 is 0 Å². The molecule has 2 aromatic rings. The molecule has 0 unspecified atom stereocenters. The lowest BCUT2D eigenvalue weighted by Crippen LogP contribution is -2.39. The van der Waals surface area contributed by atoms with Gasteiger partial charge in [0.2, 0.25) is 0 Å². The summed E-state index contributed by atoms with van der Waals surface area (Å²) >= 11 is 0. The van der Waals surface area contributed by atoms with E-state index in [1.165, 1.54) is 80.9 Å². The van der Waals surface area contributed by atoms with E-state index in [0.29, 0.717) is 5.92 Å². The van der Waals surface area contributed by atoms with Gasteiger partial charge in [-0.1, -0.05) is 94.5 Å². The molecule has 33 heavy (non-hydrogen) atoms. The first-order valence-corrected chi connectivity index (χ1v) is 13.6. The molecule has 180 valence electrons. The molecule has 0 aromatic heterocycles. The molecule has 2 aromatic carbocycles. The minimum Gasteiger partial charge on any atom is -0.346 e. The van der Waals surface area contributed by atoms with Crippen molar-refractivity contribution in [3.8, 4) is 11.1 Å². The highest BCUT2D eigenvalue weighted by atomic mass is 16.7. The van der Waals surface area contributed by atoms with E-state index in [1.807, 2.05) is 0 Å². The Labute approximate surface area is 202 Å². The van der Waals surface area contributed by atoms with Crippen LogP contribution in [0.1, 0.15) is 102 Å². The number of benzene rings is 2. The molecule has 2 heteroatoms. The standard InChI is InChI=1S/C31H44O2/c1-4-6-7-9-24-10-12-26(13-11-24)27-14-16-28(17-15-27)29-18-20-30(21-19-29)31(3)32-22-25(8-5-2)23-33-31/h14-21,24-26H,4-13,22-23H2,1-3H3/t24-,25-,26-,31-. The molecule has 0 radical (unpaired) electrons. The fraction of sp³-hybridized carbons (Fsp3) is 0.613. The van der Waals surface area contributed by atoms with E-state index in [2.05, 4.69) is 69.3 Å². The van der Waals surface area contributed by atoms with Crippen molar-refractivity contribution in [3.05, 3.63) is 59.7 Å². The predicted octanol–water partition coefficient (Wildman–Crippen LogP) is 8.84. The van der Waals surface area contributed by atoms with Gasteiger partial charge in [0.25, 0.3) is 0 Å². The number of hydrogen-bond acceptors (Lipinski definition) is 2. The van der Waals surface area contributed by atoms with Gasteiger partial charge < -0.3 is 9.47 Å². The molecular weight excluding hydrogens is 404 g/mol. The van der Waals surface area contributed by atoms with Crippen LogP contribution in [0.4, 0.5) is 0 Å². The smallest absolute Gasteiger partial charge is 0.191 e. The van der Waals surface area contributed by atoms with E-state index in [-0.39, 0.29) is 0 Å². The van der Waals surface area contributed by atoms with Gasteiger partial charge >= 0.3 is 0 Å². The lowest BCUT2D eigenvalue weighted by Gasteiger charge is -2.38. The third kappa shape index (κ3) is 6.28. The molecule has 2 nitrogen and oxygen atoms in total. The number of ether oxygens (including phenoxy) is 2. The van der Waals surface area contributed by atoms with Gasteiger partial charge in [0.15, 0.2) is 5.79 Å². The second-order valence-corrected chi connectivity index (χ2v) is 10.6. The van der Waals surface area contributed by atoms with Gasteiger partial charge in [-0.2, -0.15) is 0 Å². The molecule has 0 atom stereocenters. The maximum Gasteiger partial charge on any atom is 0.191 e. The van der Waals surface area contributed by atoms with Gasteiger partial charge in [-0.25, -0.2) is 0 Å². The zero-order valence-corrected chi connectivity index (χ0v) is 21.2. The van der Waals surface area contributed by atoms with Crippen LogP contribution in [0.5, 0.6) is 0 Å². The molecule has 1 heterocycles. The van der Waals surface area contributed by atoms with E-state index in [0.717, 1.165) is 30.6 Å². The van der Waals surface area contributed by atoms with Gasteiger partial charge in [0.05, 0.1) is 13.2 Å². The van der Waals surface area contributed by atoms with Crippen LogP contribution in [0.25, 0.3) is 11.1 Å². The van der Waals surface area contributed by atoms with Crippen molar-refractivity contribution in [2.45, 2.75) is 96.7 Å². The van der Waals surface area contributed by atoms with Crippen molar-refractivity contribution in [2.75, 3.05) is 13.2 Å². The Balaban J connectivity index is 1.32. The molecule has 0 spiro atoms. The van der Waals surface area contributed by atoms with Crippen LogP contribution in [-0.4, -0.2) is 13.2 Å².